The Balaban J connectivity index is 1.47. The molecule has 3 aromatic rings. The summed E-state index contributed by atoms with van der Waals surface area (Å²) in [5.74, 6) is 0.858. The van der Waals surface area contributed by atoms with Gasteiger partial charge in [-0.25, -0.2) is 9.97 Å². The zero-order valence-corrected chi connectivity index (χ0v) is 17.0. The highest BCUT2D eigenvalue weighted by Gasteiger charge is 2.27. The third kappa shape index (κ3) is 4.83. The van der Waals surface area contributed by atoms with Gasteiger partial charge in [0.1, 0.15) is 0 Å². The first kappa shape index (κ1) is 19.2. The van der Waals surface area contributed by atoms with E-state index in [1.807, 2.05) is 29.3 Å². The largest absolute Gasteiger partial charge is 0.338 e. The van der Waals surface area contributed by atoms with Crippen LogP contribution in [-0.2, 0) is 4.79 Å². The first-order chi connectivity index (χ1) is 14.2. The third-order valence-corrected chi connectivity index (χ3v) is 5.67. The van der Waals surface area contributed by atoms with Crippen LogP contribution in [0.15, 0.2) is 48.4 Å². The van der Waals surface area contributed by atoms with E-state index in [0.717, 1.165) is 41.5 Å². The number of hydrogen-bond donors (Lipinski definition) is 1. The van der Waals surface area contributed by atoms with Crippen LogP contribution in [0.5, 0.6) is 0 Å². The minimum Gasteiger partial charge on any atom is -0.338 e. The van der Waals surface area contributed by atoms with Gasteiger partial charge in [0.2, 0.25) is 5.91 Å². The zero-order chi connectivity index (χ0) is 20.1. The first-order valence-electron chi connectivity index (χ1n) is 9.56. The van der Waals surface area contributed by atoms with Crippen molar-refractivity contribution < 1.29 is 4.79 Å². The molecule has 148 valence electrons. The number of rotatable bonds is 5. The average molecular weight is 407 g/mol. The van der Waals surface area contributed by atoms with Crippen LogP contribution >= 0.6 is 11.3 Å². The molecule has 4 heterocycles. The number of carbonyl (C=O) groups is 1. The van der Waals surface area contributed by atoms with Gasteiger partial charge in [0.25, 0.3) is 0 Å². The number of likely N-dealkylation sites (tertiary alicyclic amines) is 1. The molecule has 1 fully saturated rings. The molecule has 1 saturated heterocycles. The normalized spacial score (nSPS) is 16.9. The molecule has 1 aliphatic rings. The second-order valence-corrected chi connectivity index (χ2v) is 7.81. The van der Waals surface area contributed by atoms with Gasteiger partial charge < -0.3 is 10.2 Å². The predicted octanol–water partition coefficient (Wildman–Crippen LogP) is 3.80. The van der Waals surface area contributed by atoms with Crippen molar-refractivity contribution in [2.24, 2.45) is 0 Å². The Morgan fingerprint density at radius 3 is 3.00 bits per heavy atom. The number of pyridine rings is 1. The molecule has 1 atom stereocenters. The predicted molar refractivity (Wildman–Crippen MR) is 114 cm³/mol. The van der Waals surface area contributed by atoms with Crippen molar-refractivity contribution in [2.75, 3.05) is 18.4 Å². The highest BCUT2D eigenvalue weighted by Crippen LogP contribution is 2.31. The topological polar surface area (TPSA) is 83.9 Å². The first-order valence-corrected chi connectivity index (χ1v) is 10.4. The van der Waals surface area contributed by atoms with Crippen LogP contribution in [0, 0.1) is 6.92 Å². The number of amides is 1. The van der Waals surface area contributed by atoms with Gasteiger partial charge in [-0.1, -0.05) is 6.07 Å². The van der Waals surface area contributed by atoms with Crippen molar-refractivity contribution in [1.29, 1.82) is 0 Å². The molecule has 1 aliphatic heterocycles. The second-order valence-electron chi connectivity index (χ2n) is 6.95. The molecule has 0 radical (unpaired) electrons. The van der Waals surface area contributed by atoms with Gasteiger partial charge in [0.15, 0.2) is 10.9 Å². The fraction of sp³-hybridized carbons (Fsp3) is 0.286. The van der Waals surface area contributed by atoms with Crippen molar-refractivity contribution in [1.82, 2.24) is 24.8 Å². The van der Waals surface area contributed by atoms with Crippen LogP contribution in [0.1, 0.15) is 35.7 Å². The van der Waals surface area contributed by atoms with Crippen LogP contribution in [0.25, 0.3) is 6.08 Å². The van der Waals surface area contributed by atoms with Gasteiger partial charge in [-0.05, 0) is 37.5 Å². The van der Waals surface area contributed by atoms with E-state index >= 15 is 0 Å². The number of aromatic nitrogens is 4. The summed E-state index contributed by atoms with van der Waals surface area (Å²) in [6.07, 6.45) is 12.2. The van der Waals surface area contributed by atoms with E-state index in [9.17, 15) is 4.79 Å². The van der Waals surface area contributed by atoms with Crippen molar-refractivity contribution >= 4 is 34.3 Å². The molecule has 7 nitrogen and oxygen atoms in total. The van der Waals surface area contributed by atoms with Crippen LogP contribution in [0.4, 0.5) is 10.9 Å². The van der Waals surface area contributed by atoms with E-state index in [0.29, 0.717) is 12.4 Å². The lowest BCUT2D eigenvalue weighted by Crippen LogP contribution is -2.38. The van der Waals surface area contributed by atoms with Crippen LogP contribution in [0.3, 0.4) is 0 Å². The van der Waals surface area contributed by atoms with Gasteiger partial charge in [0, 0.05) is 55.3 Å². The minimum absolute atomic E-state index is 0.00695. The van der Waals surface area contributed by atoms with Crippen LogP contribution in [0.2, 0.25) is 0 Å². The van der Waals surface area contributed by atoms with Gasteiger partial charge in [0.05, 0.1) is 11.4 Å². The molecule has 0 aromatic carbocycles. The van der Waals surface area contributed by atoms with E-state index in [2.05, 4.69) is 25.3 Å². The molecule has 1 N–H and O–H groups in total. The molecule has 8 heteroatoms. The van der Waals surface area contributed by atoms with E-state index in [1.165, 1.54) is 0 Å². The Morgan fingerprint density at radius 2 is 2.21 bits per heavy atom. The fourth-order valence-corrected chi connectivity index (χ4v) is 4.09. The summed E-state index contributed by atoms with van der Waals surface area (Å²) in [6, 6.07) is 3.78. The smallest absolute Gasteiger partial charge is 0.246 e. The second kappa shape index (κ2) is 8.91. The number of nitrogens with one attached hydrogen (secondary N) is 1. The van der Waals surface area contributed by atoms with Gasteiger partial charge in [-0.2, -0.15) is 0 Å². The summed E-state index contributed by atoms with van der Waals surface area (Å²) in [6.45, 7) is 3.34. The lowest BCUT2D eigenvalue weighted by molar-refractivity contribution is -0.127. The minimum atomic E-state index is 0.00695. The molecule has 0 aliphatic carbocycles. The lowest BCUT2D eigenvalue weighted by atomic mass is 9.94. The Morgan fingerprint density at radius 1 is 1.31 bits per heavy atom. The van der Waals surface area contributed by atoms with Crippen molar-refractivity contribution in [2.45, 2.75) is 25.7 Å². The van der Waals surface area contributed by atoms with Gasteiger partial charge in [-0.15, -0.1) is 11.3 Å². The average Bonchev–Trinajstić information content (AvgIpc) is 3.18. The van der Waals surface area contributed by atoms with E-state index in [-0.39, 0.29) is 11.8 Å². The van der Waals surface area contributed by atoms with Gasteiger partial charge in [-0.3, -0.25) is 14.8 Å². The monoisotopic (exact) mass is 406 g/mol. The maximum absolute atomic E-state index is 12.7. The highest BCUT2D eigenvalue weighted by molar-refractivity contribution is 7.13. The van der Waals surface area contributed by atoms with Crippen molar-refractivity contribution in [3.05, 3.63) is 65.3 Å². The Kier molecular flexibility index (Phi) is 5.90. The number of anilines is 2. The molecule has 4 rings (SSSR count). The number of carbonyl (C=O) groups excluding carboxylic acids is 1. The molecule has 1 amide bonds. The SMILES string of the molecule is Cc1csc(Nc2nccnc2C2CCCN(C(=O)/C=C/c3cccnc3)C2)n1. The number of thiazole rings is 1. The summed E-state index contributed by atoms with van der Waals surface area (Å²) in [7, 11) is 0. The van der Waals surface area contributed by atoms with Crippen LogP contribution < -0.4 is 5.32 Å². The summed E-state index contributed by atoms with van der Waals surface area (Å²) < 4.78 is 0. The van der Waals surface area contributed by atoms with Crippen molar-refractivity contribution in [3.8, 4) is 0 Å². The standard InChI is InChI=1S/C21H22N6OS/c1-15-14-29-21(25-15)26-20-19(23-9-10-24-20)17-5-3-11-27(13-17)18(28)7-6-16-4-2-8-22-12-16/h2,4,6-10,12,14,17H,3,5,11,13H2,1H3,(H,24,25,26)/b7-6+. The molecule has 0 spiro atoms. The maximum atomic E-state index is 12.7. The number of aryl methyl sites for hydroxylation is 1. The quantitative estimate of drug-likeness (QED) is 0.649. The van der Waals surface area contributed by atoms with E-state index < -0.39 is 0 Å². The zero-order valence-electron chi connectivity index (χ0n) is 16.2. The number of piperidine rings is 1. The van der Waals surface area contributed by atoms with Crippen molar-refractivity contribution in [3.63, 3.8) is 0 Å². The fourth-order valence-electron chi connectivity index (χ4n) is 3.40. The Hall–Kier alpha value is -3.13. The van der Waals surface area contributed by atoms with Gasteiger partial charge >= 0.3 is 0 Å². The molecule has 1 unspecified atom stereocenters. The summed E-state index contributed by atoms with van der Waals surface area (Å²) in [4.78, 5) is 32.1. The molecule has 29 heavy (non-hydrogen) atoms. The number of hydrogen-bond acceptors (Lipinski definition) is 7. The number of nitrogens with zero attached hydrogens (tertiary/aromatic N) is 5. The molecule has 3 aromatic heterocycles. The maximum Gasteiger partial charge on any atom is 0.246 e. The summed E-state index contributed by atoms with van der Waals surface area (Å²) >= 11 is 1.54. The molecule has 0 saturated carbocycles. The van der Waals surface area contributed by atoms with Crippen LogP contribution in [-0.4, -0.2) is 43.8 Å². The third-order valence-electron chi connectivity index (χ3n) is 4.79. The molecular weight excluding hydrogens is 384 g/mol. The molecule has 0 bridgehead atoms. The Bertz CT molecular complexity index is 1000. The van der Waals surface area contributed by atoms with E-state index in [4.69, 9.17) is 0 Å². The lowest BCUT2D eigenvalue weighted by Gasteiger charge is -2.32. The molecular formula is C21H22N6OS. The van der Waals surface area contributed by atoms with E-state index in [1.54, 1.807) is 48.3 Å². The summed E-state index contributed by atoms with van der Waals surface area (Å²) in [5.41, 5.74) is 2.76. The summed E-state index contributed by atoms with van der Waals surface area (Å²) in [5, 5.41) is 6.08. The highest BCUT2D eigenvalue weighted by atomic mass is 32.1. The Labute approximate surface area is 173 Å².